The topological polar surface area (TPSA) is 93.7 Å². The maximum atomic E-state index is 13.8. The smallest absolute Gasteiger partial charge is 0.264 e. The van der Waals surface area contributed by atoms with Gasteiger partial charge in [-0.3, -0.25) is 0 Å². The number of benzene rings is 2. The van der Waals surface area contributed by atoms with E-state index in [0.29, 0.717) is 41.5 Å². The van der Waals surface area contributed by atoms with Crippen molar-refractivity contribution in [3.05, 3.63) is 65.2 Å². The van der Waals surface area contributed by atoms with Gasteiger partial charge in [-0.05, 0) is 124 Å². The second-order valence-electron chi connectivity index (χ2n) is 15.1. The minimum Gasteiger partial charge on any atom is -0.477 e. The molecule has 1 aromatic heterocycles. The minimum absolute atomic E-state index is 0.0242. The summed E-state index contributed by atoms with van der Waals surface area (Å²) in [6.45, 7) is 13.3. The summed E-state index contributed by atoms with van der Waals surface area (Å²) in [5.74, 6) is 1.79. The van der Waals surface area contributed by atoms with E-state index in [9.17, 15) is 8.42 Å². The van der Waals surface area contributed by atoms with Crippen molar-refractivity contribution in [2.45, 2.75) is 89.5 Å². The summed E-state index contributed by atoms with van der Waals surface area (Å²) in [6.07, 6.45) is 8.19. The van der Waals surface area contributed by atoms with E-state index < -0.39 is 10.0 Å². The number of hydrogen-bond donors (Lipinski definition) is 1. The molecule has 4 aliphatic rings. The zero-order valence-electron chi connectivity index (χ0n) is 28.4. The Kier molecular flexibility index (Phi) is 9.09. The lowest BCUT2D eigenvalue weighted by Gasteiger charge is -2.56. The van der Waals surface area contributed by atoms with Crippen LogP contribution in [0.2, 0.25) is 0 Å². The van der Waals surface area contributed by atoms with Crippen molar-refractivity contribution in [2.24, 2.45) is 23.2 Å². The van der Waals surface area contributed by atoms with Gasteiger partial charge >= 0.3 is 0 Å². The van der Waals surface area contributed by atoms with E-state index in [4.69, 9.17) is 9.47 Å². The number of rotatable bonds is 5. The van der Waals surface area contributed by atoms with Crippen molar-refractivity contribution in [2.75, 3.05) is 37.6 Å². The molecule has 2 atom stereocenters. The molecule has 9 heteroatoms. The number of ether oxygens (including phenoxy) is 2. The van der Waals surface area contributed by atoms with Crippen LogP contribution in [0.1, 0.15) is 81.4 Å². The summed E-state index contributed by atoms with van der Waals surface area (Å²) in [4.78, 5) is 12.2. The second-order valence-corrected chi connectivity index (χ2v) is 16.8. The first-order valence-corrected chi connectivity index (χ1v) is 19.1. The Balaban J connectivity index is 1.20. The summed E-state index contributed by atoms with van der Waals surface area (Å²) >= 11 is 0. The molecule has 1 aliphatic carbocycles. The number of nitrogens with zero attached hydrogens (tertiary/aromatic N) is 3. The molecule has 4 bridgehead atoms. The predicted molar refractivity (Wildman–Crippen MR) is 185 cm³/mol. The van der Waals surface area contributed by atoms with Gasteiger partial charge in [-0.25, -0.2) is 18.1 Å². The van der Waals surface area contributed by atoms with Crippen LogP contribution in [0.4, 0.5) is 5.95 Å². The SMILES string of the molecule is Cc1cccc(C)c1-c1cc2nc(n1)NS(=O)(=O)c1cccc(c1)C(C1CC3(CCN(C4CCOCC4)CC3)C1)[C@H](CC(C)C)CO2. The average molecular weight is 659 g/mol. The largest absolute Gasteiger partial charge is 0.477 e. The second kappa shape index (κ2) is 13.1. The molecule has 1 unspecified atom stereocenters. The first-order valence-electron chi connectivity index (χ1n) is 17.6. The fraction of sp³-hybridized carbons (Fsp3) is 0.579. The minimum atomic E-state index is -3.93. The molecule has 0 radical (unpaired) electrons. The van der Waals surface area contributed by atoms with Crippen molar-refractivity contribution in [1.29, 1.82) is 0 Å². The molecule has 4 heterocycles. The highest BCUT2D eigenvalue weighted by molar-refractivity contribution is 7.92. The van der Waals surface area contributed by atoms with Gasteiger partial charge in [-0.1, -0.05) is 44.2 Å². The van der Waals surface area contributed by atoms with E-state index in [0.717, 1.165) is 54.7 Å². The Morgan fingerprint density at radius 3 is 2.38 bits per heavy atom. The molecule has 1 saturated carbocycles. The summed E-state index contributed by atoms with van der Waals surface area (Å²) < 4.78 is 42.6. The lowest BCUT2D eigenvalue weighted by atomic mass is 9.52. The standard InChI is InChI=1S/C38H50N4O4S/c1-25(2)19-29-24-46-34-21-33(35-26(3)7-5-8-27(35)4)39-37(40-34)41-47(43,44)32-10-6-9-28(20-32)36(29)30-22-38(23-30)13-15-42(16-14-38)31-11-17-45-18-12-31/h5-10,20-21,25,29-31,36H,11-19,22-24H2,1-4H3,(H,39,40,41)/t29-,36?/m1/s1. The number of nitrogens with one attached hydrogen (secondary N) is 1. The molecule has 8 nitrogen and oxygen atoms in total. The summed E-state index contributed by atoms with van der Waals surface area (Å²) in [6, 6.07) is 16.3. The molecule has 47 heavy (non-hydrogen) atoms. The van der Waals surface area contributed by atoms with Gasteiger partial charge in [0.15, 0.2) is 0 Å². The van der Waals surface area contributed by atoms with Crippen LogP contribution in [0.3, 0.4) is 0 Å². The van der Waals surface area contributed by atoms with Crippen LogP contribution in [0.25, 0.3) is 11.3 Å². The van der Waals surface area contributed by atoms with Gasteiger partial charge in [0, 0.05) is 36.8 Å². The fourth-order valence-corrected chi connectivity index (χ4v) is 10.1. The molecule has 252 valence electrons. The number of sulfonamides is 1. The van der Waals surface area contributed by atoms with Gasteiger partial charge in [-0.2, -0.15) is 4.98 Å². The van der Waals surface area contributed by atoms with Gasteiger partial charge in [-0.15, -0.1) is 0 Å². The molecular weight excluding hydrogens is 609 g/mol. The highest BCUT2D eigenvalue weighted by Crippen LogP contribution is 2.59. The van der Waals surface area contributed by atoms with Gasteiger partial charge in [0.05, 0.1) is 17.2 Å². The Morgan fingerprint density at radius 2 is 1.68 bits per heavy atom. The van der Waals surface area contributed by atoms with Crippen molar-refractivity contribution < 1.29 is 17.9 Å². The molecule has 3 aromatic rings. The van der Waals surface area contributed by atoms with E-state index in [1.165, 1.54) is 38.8 Å². The van der Waals surface area contributed by atoms with E-state index in [-0.39, 0.29) is 22.7 Å². The molecule has 3 fully saturated rings. The van der Waals surface area contributed by atoms with Crippen molar-refractivity contribution in [1.82, 2.24) is 14.9 Å². The van der Waals surface area contributed by atoms with E-state index in [2.05, 4.69) is 39.5 Å². The lowest BCUT2D eigenvalue weighted by molar-refractivity contribution is -0.0564. The third-order valence-corrected chi connectivity index (χ3v) is 12.7. The third kappa shape index (κ3) is 6.81. The molecule has 1 spiro atoms. The van der Waals surface area contributed by atoms with Crippen LogP contribution in [-0.4, -0.2) is 62.2 Å². The molecule has 7 rings (SSSR count). The van der Waals surface area contributed by atoms with E-state index >= 15 is 0 Å². The molecule has 2 saturated heterocycles. The Hall–Kier alpha value is -3.01. The van der Waals surface area contributed by atoms with E-state index in [1.807, 2.05) is 50.2 Å². The maximum Gasteiger partial charge on any atom is 0.264 e. The maximum absolute atomic E-state index is 13.8. The number of piperidine rings is 1. The lowest BCUT2D eigenvalue weighted by Crippen LogP contribution is -2.52. The normalized spacial score (nSPS) is 24.9. The monoisotopic (exact) mass is 658 g/mol. The Morgan fingerprint density at radius 1 is 0.979 bits per heavy atom. The quantitative estimate of drug-likeness (QED) is 0.306. The first kappa shape index (κ1) is 32.5. The molecular formula is C38H50N4O4S. The molecule has 1 N–H and O–H groups in total. The molecule has 2 aromatic carbocycles. The first-order chi connectivity index (χ1) is 22.6. The summed E-state index contributed by atoms with van der Waals surface area (Å²) in [5, 5.41) is 0. The van der Waals surface area contributed by atoms with Crippen molar-refractivity contribution >= 4 is 16.0 Å². The van der Waals surface area contributed by atoms with E-state index in [1.54, 1.807) is 6.07 Å². The Bertz CT molecular complexity index is 1670. The van der Waals surface area contributed by atoms with Crippen LogP contribution in [0.15, 0.2) is 53.4 Å². The highest BCUT2D eigenvalue weighted by atomic mass is 32.2. The van der Waals surface area contributed by atoms with Gasteiger partial charge in [0.25, 0.3) is 10.0 Å². The zero-order chi connectivity index (χ0) is 32.8. The number of anilines is 1. The predicted octanol–water partition coefficient (Wildman–Crippen LogP) is 7.37. The Labute approximate surface area is 280 Å². The third-order valence-electron chi connectivity index (χ3n) is 11.4. The van der Waals surface area contributed by atoms with Gasteiger partial charge in [0.1, 0.15) is 0 Å². The van der Waals surface area contributed by atoms with Gasteiger partial charge < -0.3 is 14.4 Å². The molecule has 0 amide bonds. The summed E-state index contributed by atoms with van der Waals surface area (Å²) in [7, 11) is -3.93. The van der Waals surface area contributed by atoms with Crippen LogP contribution < -0.4 is 9.46 Å². The number of aromatic nitrogens is 2. The highest BCUT2D eigenvalue weighted by Gasteiger charge is 2.50. The van der Waals surface area contributed by atoms with Gasteiger partial charge in [0.2, 0.25) is 11.8 Å². The number of aryl methyl sites for hydroxylation is 2. The van der Waals surface area contributed by atoms with Crippen molar-refractivity contribution in [3.63, 3.8) is 0 Å². The van der Waals surface area contributed by atoms with Crippen LogP contribution in [0, 0.1) is 37.0 Å². The van der Waals surface area contributed by atoms with Crippen LogP contribution >= 0.6 is 0 Å². The number of likely N-dealkylation sites (tertiary alicyclic amines) is 1. The van der Waals surface area contributed by atoms with Crippen molar-refractivity contribution in [3.8, 4) is 17.1 Å². The molecule has 3 aliphatic heterocycles. The van der Waals surface area contributed by atoms with Crippen LogP contribution in [-0.2, 0) is 14.8 Å². The number of hydrogen-bond acceptors (Lipinski definition) is 7. The zero-order valence-corrected chi connectivity index (χ0v) is 29.2. The number of fused-ring (bicyclic) bond motifs is 4. The fourth-order valence-electron chi connectivity index (χ4n) is 9.13. The average Bonchev–Trinajstić information content (AvgIpc) is 3.03. The summed E-state index contributed by atoms with van der Waals surface area (Å²) in [5.41, 5.74) is 5.24. The van der Waals surface area contributed by atoms with Crippen LogP contribution in [0.5, 0.6) is 5.88 Å².